The summed E-state index contributed by atoms with van der Waals surface area (Å²) >= 11 is 0. The zero-order valence-electron chi connectivity index (χ0n) is 14.0. The van der Waals surface area contributed by atoms with E-state index in [0.717, 1.165) is 22.0 Å². The van der Waals surface area contributed by atoms with Crippen molar-refractivity contribution in [1.82, 2.24) is 10.4 Å². The summed E-state index contributed by atoms with van der Waals surface area (Å²) in [5.74, 6) is -0.166. The van der Waals surface area contributed by atoms with Crippen LogP contribution in [-0.4, -0.2) is 23.1 Å². The second kappa shape index (κ2) is 8.06. The SMILES string of the molecule is CC[C@@H](Nc1cccc2ccccc12)C(=O)NN=Cc1ccncc1. The molecule has 1 amide bonds. The van der Waals surface area contributed by atoms with Gasteiger partial charge in [0.15, 0.2) is 0 Å². The molecule has 0 saturated heterocycles. The van der Waals surface area contributed by atoms with Gasteiger partial charge < -0.3 is 5.32 Å². The molecule has 1 atom stereocenters. The number of carbonyl (C=O) groups is 1. The number of hydrogen-bond donors (Lipinski definition) is 2. The van der Waals surface area contributed by atoms with Crippen LogP contribution in [0.4, 0.5) is 5.69 Å². The van der Waals surface area contributed by atoms with Gasteiger partial charge in [-0.3, -0.25) is 9.78 Å². The Bertz CT molecular complexity index is 872. The van der Waals surface area contributed by atoms with Gasteiger partial charge in [0.25, 0.3) is 5.91 Å². The van der Waals surface area contributed by atoms with Gasteiger partial charge in [-0.1, -0.05) is 43.3 Å². The van der Waals surface area contributed by atoms with Crippen molar-refractivity contribution < 1.29 is 4.79 Å². The molecular weight excluding hydrogens is 312 g/mol. The fourth-order valence-corrected chi connectivity index (χ4v) is 2.59. The minimum Gasteiger partial charge on any atom is -0.373 e. The van der Waals surface area contributed by atoms with Crippen LogP contribution in [0.25, 0.3) is 10.8 Å². The van der Waals surface area contributed by atoms with Gasteiger partial charge >= 0.3 is 0 Å². The molecule has 126 valence electrons. The van der Waals surface area contributed by atoms with Crippen molar-refractivity contribution in [1.29, 1.82) is 0 Å². The molecule has 2 aromatic carbocycles. The normalized spacial score (nSPS) is 12.2. The van der Waals surface area contributed by atoms with Gasteiger partial charge in [-0.2, -0.15) is 5.10 Å². The zero-order chi connectivity index (χ0) is 17.5. The second-order valence-electron chi connectivity index (χ2n) is 5.65. The number of hydrazone groups is 1. The molecule has 0 unspecified atom stereocenters. The number of anilines is 1. The number of carbonyl (C=O) groups excluding carboxylic acids is 1. The zero-order valence-corrected chi connectivity index (χ0v) is 14.0. The number of nitrogens with zero attached hydrogens (tertiary/aromatic N) is 2. The summed E-state index contributed by atoms with van der Waals surface area (Å²) in [6.45, 7) is 1.97. The monoisotopic (exact) mass is 332 g/mol. The third kappa shape index (κ3) is 4.20. The summed E-state index contributed by atoms with van der Waals surface area (Å²) in [5, 5.41) is 9.58. The Labute approximate surface area is 146 Å². The van der Waals surface area contributed by atoms with Crippen LogP contribution < -0.4 is 10.7 Å². The Kier molecular flexibility index (Phi) is 5.36. The molecule has 0 spiro atoms. The van der Waals surface area contributed by atoms with Crippen molar-refractivity contribution >= 4 is 28.6 Å². The van der Waals surface area contributed by atoms with Crippen molar-refractivity contribution in [3.8, 4) is 0 Å². The smallest absolute Gasteiger partial charge is 0.262 e. The number of benzene rings is 2. The highest BCUT2D eigenvalue weighted by Crippen LogP contribution is 2.23. The summed E-state index contributed by atoms with van der Waals surface area (Å²) in [7, 11) is 0. The molecule has 0 aliphatic heterocycles. The van der Waals surface area contributed by atoms with Crippen molar-refractivity contribution in [3.05, 3.63) is 72.6 Å². The van der Waals surface area contributed by atoms with E-state index in [1.807, 2.05) is 49.4 Å². The maximum atomic E-state index is 12.4. The van der Waals surface area contributed by atoms with Crippen molar-refractivity contribution in [2.75, 3.05) is 5.32 Å². The quantitative estimate of drug-likeness (QED) is 0.536. The number of fused-ring (bicyclic) bond motifs is 1. The van der Waals surface area contributed by atoms with Crippen LogP contribution in [0.3, 0.4) is 0 Å². The third-order valence-corrected chi connectivity index (χ3v) is 3.94. The van der Waals surface area contributed by atoms with E-state index in [4.69, 9.17) is 0 Å². The molecular formula is C20H20N4O. The van der Waals surface area contributed by atoms with Gasteiger partial charge in [-0.25, -0.2) is 5.43 Å². The highest BCUT2D eigenvalue weighted by atomic mass is 16.2. The summed E-state index contributed by atoms with van der Waals surface area (Å²) in [4.78, 5) is 16.3. The maximum absolute atomic E-state index is 12.4. The Balaban J connectivity index is 1.69. The molecule has 3 aromatic rings. The molecule has 0 bridgehead atoms. The number of pyridine rings is 1. The predicted molar refractivity (Wildman–Crippen MR) is 102 cm³/mol. The van der Waals surface area contributed by atoms with Crippen LogP contribution >= 0.6 is 0 Å². The molecule has 0 fully saturated rings. The predicted octanol–water partition coefficient (Wildman–Crippen LogP) is 3.58. The first-order chi connectivity index (χ1) is 12.3. The van der Waals surface area contributed by atoms with E-state index in [9.17, 15) is 4.79 Å². The van der Waals surface area contributed by atoms with Crippen molar-refractivity contribution in [3.63, 3.8) is 0 Å². The van der Waals surface area contributed by atoms with Crippen molar-refractivity contribution in [2.45, 2.75) is 19.4 Å². The van der Waals surface area contributed by atoms with E-state index in [-0.39, 0.29) is 11.9 Å². The topological polar surface area (TPSA) is 66.4 Å². The number of hydrogen-bond acceptors (Lipinski definition) is 4. The lowest BCUT2D eigenvalue weighted by Crippen LogP contribution is -2.36. The minimum absolute atomic E-state index is 0.166. The molecule has 5 heteroatoms. The van der Waals surface area contributed by atoms with Gasteiger partial charge in [0, 0.05) is 23.5 Å². The highest BCUT2D eigenvalue weighted by molar-refractivity contribution is 5.96. The van der Waals surface area contributed by atoms with E-state index in [1.165, 1.54) is 0 Å². The molecule has 2 N–H and O–H groups in total. The summed E-state index contributed by atoms with van der Waals surface area (Å²) in [6, 6.07) is 17.4. The van der Waals surface area contributed by atoms with E-state index in [1.54, 1.807) is 18.6 Å². The molecule has 3 rings (SSSR count). The molecule has 0 radical (unpaired) electrons. The molecule has 1 aromatic heterocycles. The molecule has 0 saturated carbocycles. The van der Waals surface area contributed by atoms with Crippen LogP contribution in [0.1, 0.15) is 18.9 Å². The lowest BCUT2D eigenvalue weighted by atomic mass is 10.1. The molecule has 1 heterocycles. The first-order valence-corrected chi connectivity index (χ1v) is 8.25. The molecule has 25 heavy (non-hydrogen) atoms. The van der Waals surface area contributed by atoms with E-state index < -0.39 is 0 Å². The van der Waals surface area contributed by atoms with Gasteiger partial charge in [0.05, 0.1) is 6.21 Å². The van der Waals surface area contributed by atoms with Crippen LogP contribution in [0.5, 0.6) is 0 Å². The van der Waals surface area contributed by atoms with E-state index in [0.29, 0.717) is 6.42 Å². The Morgan fingerprint density at radius 2 is 1.88 bits per heavy atom. The minimum atomic E-state index is -0.361. The van der Waals surface area contributed by atoms with Crippen LogP contribution in [0, 0.1) is 0 Å². The Hall–Kier alpha value is -3.21. The van der Waals surface area contributed by atoms with Crippen LogP contribution in [0.15, 0.2) is 72.1 Å². The summed E-state index contributed by atoms with van der Waals surface area (Å²) in [6.07, 6.45) is 5.62. The van der Waals surface area contributed by atoms with Gasteiger partial charge in [-0.15, -0.1) is 0 Å². The average Bonchev–Trinajstić information content (AvgIpc) is 2.67. The fourth-order valence-electron chi connectivity index (χ4n) is 2.59. The first kappa shape index (κ1) is 16.6. The first-order valence-electron chi connectivity index (χ1n) is 8.25. The number of nitrogens with one attached hydrogen (secondary N) is 2. The van der Waals surface area contributed by atoms with Crippen LogP contribution in [0.2, 0.25) is 0 Å². The molecule has 0 aliphatic rings. The standard InChI is InChI=1S/C20H20N4O/c1-2-18(20(25)24-22-14-15-10-12-21-13-11-15)23-19-9-5-7-16-6-3-4-8-17(16)19/h3-14,18,23H,2H2,1H3,(H,24,25)/t18-/m1/s1. The Morgan fingerprint density at radius 3 is 2.68 bits per heavy atom. The maximum Gasteiger partial charge on any atom is 0.262 e. The van der Waals surface area contributed by atoms with E-state index >= 15 is 0 Å². The largest absolute Gasteiger partial charge is 0.373 e. The number of aromatic nitrogens is 1. The lowest BCUT2D eigenvalue weighted by Gasteiger charge is -2.18. The number of rotatable bonds is 6. The van der Waals surface area contributed by atoms with Gasteiger partial charge in [-0.05, 0) is 35.6 Å². The van der Waals surface area contributed by atoms with E-state index in [2.05, 4.69) is 33.0 Å². The molecule has 5 nitrogen and oxygen atoms in total. The Morgan fingerprint density at radius 1 is 1.12 bits per heavy atom. The summed E-state index contributed by atoms with van der Waals surface area (Å²) < 4.78 is 0. The third-order valence-electron chi connectivity index (χ3n) is 3.94. The highest BCUT2D eigenvalue weighted by Gasteiger charge is 2.16. The summed E-state index contributed by atoms with van der Waals surface area (Å²) in [5.41, 5.74) is 4.42. The molecule has 0 aliphatic carbocycles. The average molecular weight is 332 g/mol. The van der Waals surface area contributed by atoms with Gasteiger partial charge in [0.1, 0.15) is 6.04 Å². The second-order valence-corrected chi connectivity index (χ2v) is 5.65. The lowest BCUT2D eigenvalue weighted by molar-refractivity contribution is -0.121. The van der Waals surface area contributed by atoms with Crippen LogP contribution in [-0.2, 0) is 4.79 Å². The fraction of sp³-hybridized carbons (Fsp3) is 0.150. The van der Waals surface area contributed by atoms with Crippen molar-refractivity contribution in [2.24, 2.45) is 5.10 Å². The number of amides is 1. The van der Waals surface area contributed by atoms with Gasteiger partial charge in [0.2, 0.25) is 0 Å².